The van der Waals surface area contributed by atoms with Crippen LogP contribution in [-0.4, -0.2) is 4.98 Å². The fourth-order valence-corrected chi connectivity index (χ4v) is 11.0. The predicted molar refractivity (Wildman–Crippen MR) is 271 cm³/mol. The zero-order chi connectivity index (χ0) is 42.9. The average Bonchev–Trinajstić information content (AvgIpc) is 3.87. The molecule has 10 aromatic carbocycles. The Kier molecular flexibility index (Phi) is 8.51. The van der Waals surface area contributed by atoms with Crippen molar-refractivity contribution < 1.29 is 0 Å². The van der Waals surface area contributed by atoms with Crippen LogP contribution < -0.4 is 0 Å². The molecule has 1 spiro atoms. The topological polar surface area (TPSA) is 12.9 Å². The van der Waals surface area contributed by atoms with Gasteiger partial charge >= 0.3 is 0 Å². The molecule has 0 saturated carbocycles. The molecule has 0 N–H and O–H groups in total. The van der Waals surface area contributed by atoms with Gasteiger partial charge in [0.1, 0.15) is 0 Å². The third-order valence-electron chi connectivity index (χ3n) is 13.8. The summed E-state index contributed by atoms with van der Waals surface area (Å²) in [7, 11) is 0. The first kappa shape index (κ1) is 37.2. The fraction of sp³-hybridized carbons (Fsp3) is 0.0156. The van der Waals surface area contributed by atoms with E-state index in [0.29, 0.717) is 0 Å². The van der Waals surface area contributed by atoms with Crippen LogP contribution in [0.25, 0.3) is 100 Å². The van der Waals surface area contributed by atoms with E-state index in [1.807, 2.05) is 0 Å². The van der Waals surface area contributed by atoms with Crippen molar-refractivity contribution in [3.63, 3.8) is 0 Å². The zero-order valence-corrected chi connectivity index (χ0v) is 35.6. The Morgan fingerprint density at radius 1 is 0.262 bits per heavy atom. The zero-order valence-electron chi connectivity index (χ0n) is 35.6. The van der Waals surface area contributed by atoms with Crippen molar-refractivity contribution in [3.05, 3.63) is 271 Å². The van der Waals surface area contributed by atoms with Crippen molar-refractivity contribution in [2.45, 2.75) is 5.41 Å². The summed E-state index contributed by atoms with van der Waals surface area (Å²) < 4.78 is 0. The summed E-state index contributed by atoms with van der Waals surface area (Å²) >= 11 is 0. The lowest BCUT2D eigenvalue weighted by Crippen LogP contribution is -2.26. The molecule has 0 amide bonds. The van der Waals surface area contributed by atoms with E-state index in [4.69, 9.17) is 4.98 Å². The van der Waals surface area contributed by atoms with Crippen LogP contribution in [0.5, 0.6) is 0 Å². The Labute approximate surface area is 379 Å². The first-order chi connectivity index (χ1) is 32.2. The Bertz CT molecular complexity index is 3510. The van der Waals surface area contributed by atoms with Gasteiger partial charge in [-0.2, -0.15) is 0 Å². The third-order valence-corrected chi connectivity index (χ3v) is 13.8. The van der Waals surface area contributed by atoms with Gasteiger partial charge in [-0.15, -0.1) is 0 Å². The molecule has 1 heterocycles. The lowest BCUT2D eigenvalue weighted by atomic mass is 9.69. The molecule has 1 aromatic heterocycles. The molecule has 1 nitrogen and oxygen atoms in total. The maximum atomic E-state index is 5.43. The fourth-order valence-electron chi connectivity index (χ4n) is 11.0. The Morgan fingerprint density at radius 2 is 0.677 bits per heavy atom. The quantitative estimate of drug-likeness (QED) is 0.163. The number of nitrogens with zero attached hydrogens (tertiary/aromatic N) is 1. The van der Waals surface area contributed by atoms with Crippen LogP contribution in [0.2, 0.25) is 0 Å². The molecule has 65 heavy (non-hydrogen) atoms. The van der Waals surface area contributed by atoms with Crippen LogP contribution in [0.4, 0.5) is 0 Å². The average molecular weight is 824 g/mol. The number of hydrogen-bond acceptors (Lipinski definition) is 1. The molecular weight excluding hydrogens is 783 g/mol. The Hall–Kier alpha value is -8.39. The number of fused-ring (bicyclic) bond motifs is 12. The van der Waals surface area contributed by atoms with Crippen LogP contribution in [0, 0.1) is 0 Å². The van der Waals surface area contributed by atoms with Crippen LogP contribution in [-0.2, 0) is 5.41 Å². The van der Waals surface area contributed by atoms with Gasteiger partial charge in [-0.25, -0.2) is 4.98 Å². The molecular formula is C64H41N. The standard InChI is InChI=1S/C64H41N/c1-3-18-42(19-4-1)44-23-16-27-49(37-44)60-40-51(41-61(65-60)50-28-17-24-45(38-50)43-20-5-2-6-21-43)46-25-15-26-47(36-46)56-39-48-22-7-8-29-52(48)63-62(56)55-32-11-14-35-59(55)64(63)57-33-12-9-30-53(57)54-31-10-13-34-58(54)64/h1-41H. The Balaban J connectivity index is 1.03. The monoisotopic (exact) mass is 823 g/mol. The van der Waals surface area contributed by atoms with Gasteiger partial charge in [0.2, 0.25) is 0 Å². The Morgan fingerprint density at radius 3 is 1.26 bits per heavy atom. The highest BCUT2D eigenvalue weighted by Crippen LogP contribution is 2.65. The second-order valence-electron chi connectivity index (χ2n) is 17.4. The first-order valence-corrected chi connectivity index (χ1v) is 22.5. The number of benzene rings is 10. The normalized spacial score (nSPS) is 12.7. The van der Waals surface area contributed by atoms with Gasteiger partial charge in [-0.1, -0.05) is 212 Å². The van der Waals surface area contributed by atoms with E-state index < -0.39 is 5.41 Å². The van der Waals surface area contributed by atoms with Crippen LogP contribution >= 0.6 is 0 Å². The highest BCUT2D eigenvalue weighted by Gasteiger charge is 2.53. The molecule has 0 unspecified atom stereocenters. The summed E-state index contributed by atoms with van der Waals surface area (Å²) in [5.41, 5.74) is 23.7. The molecule has 302 valence electrons. The SMILES string of the molecule is c1ccc(-c2cccc(-c3cc(-c4cccc(-c5cc6ccccc6c6c5-c5ccccc5C65c6ccccc6-c6ccccc65)c4)cc(-c4cccc(-c5ccccc5)c4)n3)c2)cc1. The summed E-state index contributed by atoms with van der Waals surface area (Å²) in [6.45, 7) is 0. The highest BCUT2D eigenvalue weighted by atomic mass is 14.7. The molecule has 0 bridgehead atoms. The summed E-state index contributed by atoms with van der Waals surface area (Å²) in [6, 6.07) is 91.3. The molecule has 1 heteroatoms. The van der Waals surface area contributed by atoms with E-state index in [-0.39, 0.29) is 0 Å². The lowest BCUT2D eigenvalue weighted by Gasteiger charge is -2.31. The van der Waals surface area contributed by atoms with Crippen molar-refractivity contribution in [3.8, 4) is 89.3 Å². The van der Waals surface area contributed by atoms with E-state index in [1.54, 1.807) is 0 Å². The molecule has 0 aliphatic heterocycles. The second kappa shape index (κ2) is 14.9. The summed E-state index contributed by atoms with van der Waals surface area (Å²) in [6.07, 6.45) is 0. The summed E-state index contributed by atoms with van der Waals surface area (Å²) in [5.74, 6) is 0. The van der Waals surface area contributed by atoms with E-state index in [9.17, 15) is 0 Å². The number of pyridine rings is 1. The van der Waals surface area contributed by atoms with Crippen molar-refractivity contribution in [2.24, 2.45) is 0 Å². The number of rotatable bonds is 6. The van der Waals surface area contributed by atoms with Gasteiger partial charge in [0.15, 0.2) is 0 Å². The second-order valence-corrected chi connectivity index (χ2v) is 17.4. The lowest BCUT2D eigenvalue weighted by molar-refractivity contribution is 0.801. The van der Waals surface area contributed by atoms with Gasteiger partial charge in [0.25, 0.3) is 0 Å². The largest absolute Gasteiger partial charge is 0.248 e. The van der Waals surface area contributed by atoms with Gasteiger partial charge < -0.3 is 0 Å². The van der Waals surface area contributed by atoms with Crippen LogP contribution in [0.15, 0.2) is 249 Å². The van der Waals surface area contributed by atoms with E-state index >= 15 is 0 Å². The van der Waals surface area contributed by atoms with E-state index in [0.717, 1.165) is 33.6 Å². The minimum Gasteiger partial charge on any atom is -0.248 e. The van der Waals surface area contributed by atoms with Crippen LogP contribution in [0.1, 0.15) is 22.3 Å². The van der Waals surface area contributed by atoms with Crippen LogP contribution in [0.3, 0.4) is 0 Å². The van der Waals surface area contributed by atoms with Gasteiger partial charge in [-0.3, -0.25) is 0 Å². The van der Waals surface area contributed by atoms with E-state index in [1.165, 1.54) is 88.7 Å². The molecule has 0 saturated heterocycles. The minimum atomic E-state index is -0.455. The summed E-state index contributed by atoms with van der Waals surface area (Å²) in [5, 5.41) is 2.54. The predicted octanol–water partition coefficient (Wildman–Crippen LogP) is 16.6. The minimum absolute atomic E-state index is 0.455. The van der Waals surface area contributed by atoms with Gasteiger partial charge in [0.05, 0.1) is 16.8 Å². The smallest absolute Gasteiger partial charge is 0.0731 e. The molecule has 0 radical (unpaired) electrons. The molecule has 2 aliphatic rings. The maximum absolute atomic E-state index is 5.43. The molecule has 13 rings (SSSR count). The molecule has 0 fully saturated rings. The molecule has 11 aromatic rings. The molecule has 2 aliphatic carbocycles. The van der Waals surface area contributed by atoms with Gasteiger partial charge in [-0.05, 0) is 136 Å². The number of aromatic nitrogens is 1. The van der Waals surface area contributed by atoms with Crippen molar-refractivity contribution in [1.29, 1.82) is 0 Å². The molecule has 0 atom stereocenters. The van der Waals surface area contributed by atoms with E-state index in [2.05, 4.69) is 249 Å². The van der Waals surface area contributed by atoms with Gasteiger partial charge in [0, 0.05) is 11.1 Å². The van der Waals surface area contributed by atoms with Crippen molar-refractivity contribution in [2.75, 3.05) is 0 Å². The third kappa shape index (κ3) is 5.83. The van der Waals surface area contributed by atoms with Crippen molar-refractivity contribution in [1.82, 2.24) is 4.98 Å². The maximum Gasteiger partial charge on any atom is 0.0731 e. The highest BCUT2D eigenvalue weighted by molar-refractivity contribution is 6.09. The van der Waals surface area contributed by atoms with Crippen molar-refractivity contribution >= 4 is 10.8 Å². The first-order valence-electron chi connectivity index (χ1n) is 22.5. The number of hydrogen-bond donors (Lipinski definition) is 0. The summed E-state index contributed by atoms with van der Waals surface area (Å²) in [4.78, 5) is 5.43.